The Hall–Kier alpha value is -1.41. The highest BCUT2D eigenvalue weighted by Crippen LogP contribution is 2.27. The van der Waals surface area contributed by atoms with Crippen molar-refractivity contribution in [1.29, 1.82) is 5.26 Å². The van der Waals surface area contributed by atoms with Gasteiger partial charge in [-0.25, -0.2) is 12.8 Å². The number of rotatable bonds is 4. The predicted molar refractivity (Wildman–Crippen MR) is 70.6 cm³/mol. The molecular formula is C14H16FNO2S. The van der Waals surface area contributed by atoms with Crippen LogP contribution in [-0.2, 0) is 15.6 Å². The van der Waals surface area contributed by atoms with Crippen molar-refractivity contribution >= 4 is 9.84 Å². The molecule has 0 N–H and O–H groups in total. The third kappa shape index (κ3) is 3.77. The highest BCUT2D eigenvalue weighted by molar-refractivity contribution is 7.90. The largest absolute Gasteiger partial charge is 0.228 e. The third-order valence-electron chi connectivity index (χ3n) is 3.52. The molecule has 1 saturated carbocycles. The molecule has 0 bridgehead atoms. The maximum atomic E-state index is 13.7. The van der Waals surface area contributed by atoms with Crippen LogP contribution in [0.4, 0.5) is 4.39 Å². The number of benzene rings is 1. The molecule has 0 aliphatic heterocycles. The average molecular weight is 281 g/mol. The SMILES string of the molecule is N#Cc1ccc(CS(=O)(=O)CC2CCCC2)c(F)c1. The van der Waals surface area contributed by atoms with Gasteiger partial charge in [-0.15, -0.1) is 0 Å². The molecule has 1 aliphatic carbocycles. The van der Waals surface area contributed by atoms with Crippen molar-refractivity contribution in [3.8, 4) is 6.07 Å². The number of halogens is 1. The standard InChI is InChI=1S/C14H16FNO2S/c15-14-7-12(8-16)5-6-13(14)10-19(17,18)9-11-3-1-2-4-11/h5-7,11H,1-4,9-10H2. The fraction of sp³-hybridized carbons (Fsp3) is 0.500. The van der Waals surface area contributed by atoms with E-state index in [1.165, 1.54) is 12.1 Å². The first-order valence-electron chi connectivity index (χ1n) is 6.39. The van der Waals surface area contributed by atoms with Gasteiger partial charge in [0, 0.05) is 5.56 Å². The van der Waals surface area contributed by atoms with Crippen molar-refractivity contribution in [2.45, 2.75) is 31.4 Å². The van der Waals surface area contributed by atoms with E-state index in [9.17, 15) is 12.8 Å². The highest BCUT2D eigenvalue weighted by atomic mass is 32.2. The van der Waals surface area contributed by atoms with Crippen molar-refractivity contribution in [1.82, 2.24) is 0 Å². The van der Waals surface area contributed by atoms with Crippen LogP contribution >= 0.6 is 0 Å². The zero-order valence-electron chi connectivity index (χ0n) is 10.6. The topological polar surface area (TPSA) is 57.9 Å². The van der Waals surface area contributed by atoms with E-state index in [0.717, 1.165) is 31.7 Å². The Morgan fingerprint density at radius 2 is 2.00 bits per heavy atom. The van der Waals surface area contributed by atoms with Gasteiger partial charge in [-0.1, -0.05) is 18.9 Å². The van der Waals surface area contributed by atoms with Crippen molar-refractivity contribution in [2.75, 3.05) is 5.75 Å². The van der Waals surface area contributed by atoms with Crippen molar-refractivity contribution in [3.05, 3.63) is 35.1 Å². The smallest absolute Gasteiger partial charge is 0.154 e. The van der Waals surface area contributed by atoms with E-state index in [4.69, 9.17) is 5.26 Å². The van der Waals surface area contributed by atoms with Crippen molar-refractivity contribution < 1.29 is 12.8 Å². The molecule has 1 aromatic rings. The summed E-state index contributed by atoms with van der Waals surface area (Å²) in [5.41, 5.74) is 0.353. The molecular weight excluding hydrogens is 265 g/mol. The van der Waals surface area contributed by atoms with E-state index in [1.54, 1.807) is 0 Å². The van der Waals surface area contributed by atoms with Gasteiger partial charge in [0.25, 0.3) is 0 Å². The molecule has 102 valence electrons. The van der Waals surface area contributed by atoms with E-state index in [2.05, 4.69) is 0 Å². The zero-order valence-corrected chi connectivity index (χ0v) is 11.4. The molecule has 19 heavy (non-hydrogen) atoms. The van der Waals surface area contributed by atoms with Gasteiger partial charge in [0.15, 0.2) is 9.84 Å². The highest BCUT2D eigenvalue weighted by Gasteiger charge is 2.23. The molecule has 0 heterocycles. The summed E-state index contributed by atoms with van der Waals surface area (Å²) in [6, 6.07) is 5.75. The van der Waals surface area contributed by atoms with E-state index in [0.29, 0.717) is 0 Å². The number of hydrogen-bond donors (Lipinski definition) is 0. The number of nitriles is 1. The molecule has 1 fully saturated rings. The maximum Gasteiger partial charge on any atom is 0.154 e. The number of nitrogens with zero attached hydrogens (tertiary/aromatic N) is 1. The summed E-state index contributed by atoms with van der Waals surface area (Å²) in [6.07, 6.45) is 4.08. The Balaban J connectivity index is 2.09. The van der Waals surface area contributed by atoms with Crippen molar-refractivity contribution in [2.24, 2.45) is 5.92 Å². The Labute approximate surface area is 113 Å². The molecule has 1 aliphatic rings. The van der Waals surface area contributed by atoms with E-state index in [-0.39, 0.29) is 28.6 Å². The predicted octanol–water partition coefficient (Wildman–Crippen LogP) is 2.80. The van der Waals surface area contributed by atoms with Gasteiger partial charge >= 0.3 is 0 Å². The first-order valence-corrected chi connectivity index (χ1v) is 8.21. The van der Waals surface area contributed by atoms with Crippen LogP contribution in [0.2, 0.25) is 0 Å². The molecule has 0 amide bonds. The van der Waals surface area contributed by atoms with Gasteiger partial charge in [0.05, 0.1) is 23.1 Å². The molecule has 0 aromatic heterocycles. The van der Waals surface area contributed by atoms with Crippen molar-refractivity contribution in [3.63, 3.8) is 0 Å². The third-order valence-corrected chi connectivity index (χ3v) is 5.25. The summed E-state index contributed by atoms with van der Waals surface area (Å²) < 4.78 is 37.7. The molecule has 0 spiro atoms. The molecule has 2 rings (SSSR count). The molecule has 1 aromatic carbocycles. The Morgan fingerprint density at radius 1 is 1.32 bits per heavy atom. The summed E-state index contributed by atoms with van der Waals surface area (Å²) in [6.45, 7) is 0. The minimum atomic E-state index is -3.28. The lowest BCUT2D eigenvalue weighted by molar-refractivity contribution is 0.555. The first-order chi connectivity index (χ1) is 9.00. The Morgan fingerprint density at radius 3 is 2.58 bits per heavy atom. The summed E-state index contributed by atoms with van der Waals surface area (Å²) >= 11 is 0. The lowest BCUT2D eigenvalue weighted by atomic mass is 10.1. The minimum Gasteiger partial charge on any atom is -0.228 e. The van der Waals surface area contributed by atoms with Crippen LogP contribution < -0.4 is 0 Å². The second-order valence-corrected chi connectivity index (χ2v) is 7.23. The summed E-state index contributed by atoms with van der Waals surface area (Å²) in [5.74, 6) is -0.520. The lowest BCUT2D eigenvalue weighted by Gasteiger charge is -2.10. The second kappa shape index (κ2) is 5.70. The average Bonchev–Trinajstić information content (AvgIpc) is 2.83. The van der Waals surface area contributed by atoms with E-state index in [1.807, 2.05) is 6.07 Å². The van der Waals surface area contributed by atoms with Gasteiger partial charge in [0.1, 0.15) is 5.82 Å². The Kier molecular flexibility index (Phi) is 4.20. The van der Waals surface area contributed by atoms with Crippen LogP contribution in [0, 0.1) is 23.1 Å². The van der Waals surface area contributed by atoms with Gasteiger partial charge < -0.3 is 0 Å². The van der Waals surface area contributed by atoms with E-state index >= 15 is 0 Å². The molecule has 3 nitrogen and oxygen atoms in total. The van der Waals surface area contributed by atoms with Crippen LogP contribution in [0.25, 0.3) is 0 Å². The molecule has 0 saturated heterocycles. The fourth-order valence-corrected chi connectivity index (χ4v) is 4.44. The molecule has 5 heteroatoms. The molecule has 0 atom stereocenters. The normalized spacial score (nSPS) is 16.4. The number of sulfone groups is 1. The van der Waals surface area contributed by atoms with Gasteiger partial charge in [-0.3, -0.25) is 0 Å². The van der Waals surface area contributed by atoms with E-state index < -0.39 is 15.7 Å². The second-order valence-electron chi connectivity index (χ2n) is 5.12. The zero-order chi connectivity index (χ0) is 13.9. The maximum absolute atomic E-state index is 13.7. The van der Waals surface area contributed by atoms with Gasteiger partial charge in [-0.2, -0.15) is 5.26 Å². The molecule has 0 unspecified atom stereocenters. The van der Waals surface area contributed by atoms with Gasteiger partial charge in [-0.05, 0) is 30.9 Å². The van der Waals surface area contributed by atoms with Crippen LogP contribution in [0.5, 0.6) is 0 Å². The van der Waals surface area contributed by atoms with Crippen LogP contribution in [-0.4, -0.2) is 14.2 Å². The lowest BCUT2D eigenvalue weighted by Crippen LogP contribution is -2.16. The first kappa shape index (κ1) is 14.0. The fourth-order valence-electron chi connectivity index (χ4n) is 2.57. The van der Waals surface area contributed by atoms with Crippen LogP contribution in [0.3, 0.4) is 0 Å². The monoisotopic (exact) mass is 281 g/mol. The van der Waals surface area contributed by atoms with Gasteiger partial charge in [0.2, 0.25) is 0 Å². The Bertz CT molecular complexity index is 598. The molecule has 0 radical (unpaired) electrons. The summed E-state index contributed by atoms with van der Waals surface area (Å²) in [7, 11) is -3.28. The minimum absolute atomic E-state index is 0.145. The number of hydrogen-bond acceptors (Lipinski definition) is 3. The summed E-state index contributed by atoms with van der Waals surface area (Å²) in [5, 5.41) is 8.64. The quantitative estimate of drug-likeness (QED) is 0.852. The van der Waals surface area contributed by atoms with Crippen LogP contribution in [0.1, 0.15) is 36.8 Å². The summed E-state index contributed by atoms with van der Waals surface area (Å²) in [4.78, 5) is 0. The van der Waals surface area contributed by atoms with Crippen LogP contribution in [0.15, 0.2) is 18.2 Å².